The third-order valence-corrected chi connectivity index (χ3v) is 2.58. The van der Waals surface area contributed by atoms with Crippen LogP contribution in [0.2, 0.25) is 5.02 Å². The fourth-order valence-electron chi connectivity index (χ4n) is 1.41. The number of carbonyl (C=O) groups excluding carboxylic acids is 1. The van der Waals surface area contributed by atoms with Crippen molar-refractivity contribution in [3.63, 3.8) is 0 Å². The zero-order chi connectivity index (χ0) is 13.7. The lowest BCUT2D eigenvalue weighted by atomic mass is 10.2. The Morgan fingerprint density at radius 1 is 1.26 bits per heavy atom. The molecule has 0 bridgehead atoms. The number of urea groups is 1. The first kappa shape index (κ1) is 12.9. The molecule has 2 aromatic rings. The van der Waals surface area contributed by atoms with Crippen LogP contribution in [0.25, 0.3) is 0 Å². The predicted octanol–water partition coefficient (Wildman–Crippen LogP) is 3.25. The summed E-state index contributed by atoms with van der Waals surface area (Å²) in [6.07, 6.45) is 3.15. The lowest BCUT2D eigenvalue weighted by molar-refractivity contribution is 0.262. The maximum atomic E-state index is 11.7. The number of benzene rings is 1. The molecule has 2 amide bonds. The minimum absolute atomic E-state index is 0.293. The summed E-state index contributed by atoms with van der Waals surface area (Å²) in [5.41, 5.74) is 1.45. The molecule has 0 atom stereocenters. The molecule has 0 unspecified atom stereocenters. The van der Waals surface area contributed by atoms with E-state index in [2.05, 4.69) is 15.6 Å². The van der Waals surface area contributed by atoms with Gasteiger partial charge in [-0.15, -0.1) is 0 Å². The van der Waals surface area contributed by atoms with Gasteiger partial charge in [-0.1, -0.05) is 11.6 Å². The van der Waals surface area contributed by atoms with Crippen molar-refractivity contribution in [3.8, 4) is 6.07 Å². The number of halogens is 1. The van der Waals surface area contributed by atoms with E-state index >= 15 is 0 Å². The largest absolute Gasteiger partial charge is 0.323 e. The molecule has 6 heteroatoms. The second-order valence-electron chi connectivity index (χ2n) is 3.63. The number of hydrogen-bond acceptors (Lipinski definition) is 3. The van der Waals surface area contributed by atoms with Crippen LogP contribution < -0.4 is 10.6 Å². The molecular weight excluding hydrogens is 264 g/mol. The van der Waals surface area contributed by atoms with Gasteiger partial charge >= 0.3 is 6.03 Å². The van der Waals surface area contributed by atoms with Crippen LogP contribution in [0.1, 0.15) is 5.56 Å². The van der Waals surface area contributed by atoms with E-state index < -0.39 is 6.03 Å². The van der Waals surface area contributed by atoms with Crippen LogP contribution in [0.4, 0.5) is 16.2 Å². The van der Waals surface area contributed by atoms with Crippen molar-refractivity contribution < 1.29 is 4.79 Å². The molecule has 0 saturated heterocycles. The normalized spacial score (nSPS) is 9.47. The van der Waals surface area contributed by atoms with Crippen LogP contribution in [0, 0.1) is 11.3 Å². The van der Waals surface area contributed by atoms with Gasteiger partial charge in [0.25, 0.3) is 0 Å². The Labute approximate surface area is 114 Å². The molecule has 2 rings (SSSR count). The average molecular weight is 273 g/mol. The van der Waals surface area contributed by atoms with Gasteiger partial charge in [0.05, 0.1) is 22.5 Å². The van der Waals surface area contributed by atoms with E-state index in [4.69, 9.17) is 16.9 Å². The molecule has 1 heterocycles. The van der Waals surface area contributed by atoms with Crippen molar-refractivity contribution in [1.82, 2.24) is 4.98 Å². The van der Waals surface area contributed by atoms with Crippen molar-refractivity contribution in [3.05, 3.63) is 53.3 Å². The molecule has 0 aliphatic rings. The highest BCUT2D eigenvalue weighted by Gasteiger charge is 2.05. The Kier molecular flexibility index (Phi) is 3.96. The number of nitrogens with zero attached hydrogens (tertiary/aromatic N) is 2. The minimum Gasteiger partial charge on any atom is -0.308 e. The fraction of sp³-hybridized carbons (Fsp3) is 0. The second-order valence-corrected chi connectivity index (χ2v) is 4.03. The molecule has 2 N–H and O–H groups in total. The highest BCUT2D eigenvalue weighted by Crippen LogP contribution is 2.20. The topological polar surface area (TPSA) is 77.8 Å². The van der Waals surface area contributed by atoms with E-state index in [9.17, 15) is 4.79 Å². The van der Waals surface area contributed by atoms with E-state index in [1.165, 1.54) is 12.3 Å². The number of nitrogens with one attached hydrogen (secondary N) is 2. The van der Waals surface area contributed by atoms with Crippen molar-refractivity contribution in [2.75, 3.05) is 10.6 Å². The van der Waals surface area contributed by atoms with E-state index in [0.717, 1.165) is 0 Å². The van der Waals surface area contributed by atoms with Gasteiger partial charge in [0, 0.05) is 11.9 Å². The van der Waals surface area contributed by atoms with Gasteiger partial charge in [0.15, 0.2) is 0 Å². The van der Waals surface area contributed by atoms with Crippen molar-refractivity contribution >= 4 is 29.0 Å². The Bertz CT molecular complexity index is 637. The second kappa shape index (κ2) is 5.85. The number of carbonyl (C=O) groups is 1. The summed E-state index contributed by atoms with van der Waals surface area (Å²) in [5, 5.41) is 14.3. The van der Waals surface area contributed by atoms with Crippen LogP contribution in [0.5, 0.6) is 0 Å². The Hall–Kier alpha value is -2.58. The maximum Gasteiger partial charge on any atom is 0.323 e. The SMILES string of the molecule is N#Cc1ccc(NC(=O)Nc2cccnc2)cc1Cl. The molecule has 0 spiro atoms. The van der Waals surface area contributed by atoms with Crippen LogP contribution in [-0.4, -0.2) is 11.0 Å². The Morgan fingerprint density at radius 3 is 2.68 bits per heavy atom. The molecule has 1 aromatic heterocycles. The molecule has 94 valence electrons. The Balaban J connectivity index is 2.04. The summed E-state index contributed by atoms with van der Waals surface area (Å²) in [6, 6.07) is 9.64. The first-order chi connectivity index (χ1) is 9.19. The van der Waals surface area contributed by atoms with Gasteiger partial charge in [-0.2, -0.15) is 5.26 Å². The van der Waals surface area contributed by atoms with E-state index in [1.54, 1.807) is 30.5 Å². The molecule has 0 saturated carbocycles. The first-order valence-electron chi connectivity index (χ1n) is 5.37. The highest BCUT2D eigenvalue weighted by atomic mass is 35.5. The van der Waals surface area contributed by atoms with Crippen LogP contribution in [0.15, 0.2) is 42.7 Å². The molecule has 1 aromatic carbocycles. The zero-order valence-electron chi connectivity index (χ0n) is 9.72. The lowest BCUT2D eigenvalue weighted by Crippen LogP contribution is -2.19. The van der Waals surface area contributed by atoms with Gasteiger partial charge in [-0.05, 0) is 30.3 Å². The van der Waals surface area contributed by atoms with Crippen LogP contribution in [-0.2, 0) is 0 Å². The van der Waals surface area contributed by atoms with Crippen molar-refractivity contribution in [2.24, 2.45) is 0 Å². The monoisotopic (exact) mass is 272 g/mol. The average Bonchev–Trinajstić information content (AvgIpc) is 2.40. The van der Waals surface area contributed by atoms with Crippen LogP contribution in [0.3, 0.4) is 0 Å². The van der Waals surface area contributed by atoms with Gasteiger partial charge in [0.1, 0.15) is 6.07 Å². The summed E-state index contributed by atoms with van der Waals surface area (Å²) in [6.45, 7) is 0. The predicted molar refractivity (Wildman–Crippen MR) is 73.0 cm³/mol. The van der Waals surface area contributed by atoms with E-state index in [0.29, 0.717) is 22.0 Å². The van der Waals surface area contributed by atoms with Gasteiger partial charge < -0.3 is 10.6 Å². The fourth-order valence-corrected chi connectivity index (χ4v) is 1.64. The third kappa shape index (κ3) is 3.44. The summed E-state index contributed by atoms with van der Waals surface area (Å²) >= 11 is 5.87. The number of amides is 2. The summed E-state index contributed by atoms with van der Waals surface area (Å²) in [5.74, 6) is 0. The number of nitriles is 1. The van der Waals surface area contributed by atoms with Gasteiger partial charge in [-0.25, -0.2) is 4.79 Å². The standard InChI is InChI=1S/C13H9ClN4O/c14-12-6-10(4-3-9(12)7-15)17-13(19)18-11-2-1-5-16-8-11/h1-6,8H,(H2,17,18,19). The number of aromatic nitrogens is 1. The molecular formula is C13H9ClN4O. The maximum absolute atomic E-state index is 11.7. The first-order valence-corrected chi connectivity index (χ1v) is 5.74. The lowest BCUT2D eigenvalue weighted by Gasteiger charge is -2.07. The molecule has 0 radical (unpaired) electrons. The minimum atomic E-state index is -0.409. The van der Waals surface area contributed by atoms with Crippen LogP contribution >= 0.6 is 11.6 Å². The summed E-state index contributed by atoms with van der Waals surface area (Å²) in [4.78, 5) is 15.6. The number of rotatable bonds is 2. The summed E-state index contributed by atoms with van der Waals surface area (Å²) in [7, 11) is 0. The smallest absolute Gasteiger partial charge is 0.308 e. The van der Waals surface area contributed by atoms with Gasteiger partial charge in [0.2, 0.25) is 0 Å². The summed E-state index contributed by atoms with van der Waals surface area (Å²) < 4.78 is 0. The molecule has 19 heavy (non-hydrogen) atoms. The van der Waals surface area contributed by atoms with Crippen molar-refractivity contribution in [1.29, 1.82) is 5.26 Å². The van der Waals surface area contributed by atoms with E-state index in [-0.39, 0.29) is 0 Å². The number of hydrogen-bond donors (Lipinski definition) is 2. The Morgan fingerprint density at radius 2 is 2.05 bits per heavy atom. The molecule has 0 aliphatic carbocycles. The van der Waals surface area contributed by atoms with E-state index in [1.807, 2.05) is 6.07 Å². The van der Waals surface area contributed by atoms with Crippen molar-refractivity contribution in [2.45, 2.75) is 0 Å². The molecule has 0 aliphatic heterocycles. The quantitative estimate of drug-likeness (QED) is 0.881. The number of pyridine rings is 1. The zero-order valence-corrected chi connectivity index (χ0v) is 10.5. The molecule has 5 nitrogen and oxygen atoms in total. The van der Waals surface area contributed by atoms with Gasteiger partial charge in [-0.3, -0.25) is 4.98 Å². The third-order valence-electron chi connectivity index (χ3n) is 2.27. The number of anilines is 2. The highest BCUT2D eigenvalue weighted by molar-refractivity contribution is 6.32. The molecule has 0 fully saturated rings.